The highest BCUT2D eigenvalue weighted by molar-refractivity contribution is 5.66. The van der Waals surface area contributed by atoms with Crippen molar-refractivity contribution in [2.45, 2.75) is 19.8 Å². The summed E-state index contributed by atoms with van der Waals surface area (Å²) in [6, 6.07) is 1.79. The highest BCUT2D eigenvalue weighted by Crippen LogP contribution is 2.21. The number of aliphatic carboxylic acids is 1. The number of hydrogen-bond donors (Lipinski definition) is 1. The standard InChI is InChI=1S/C10H10N2O4/c1-6-4-5-15-9(6)10-11-7(16-12-10)2-3-8(13)14/h4-5H,2-3H2,1H3,(H,13,14). The van der Waals surface area contributed by atoms with Gasteiger partial charge in [-0.05, 0) is 18.6 Å². The van der Waals surface area contributed by atoms with Crippen LogP contribution in [-0.4, -0.2) is 21.2 Å². The molecule has 0 saturated carbocycles. The van der Waals surface area contributed by atoms with Crippen LogP contribution in [0.15, 0.2) is 21.3 Å². The van der Waals surface area contributed by atoms with Crippen molar-refractivity contribution in [1.29, 1.82) is 0 Å². The third-order valence-electron chi connectivity index (χ3n) is 2.09. The first-order chi connectivity index (χ1) is 7.66. The fourth-order valence-electron chi connectivity index (χ4n) is 1.26. The minimum atomic E-state index is -0.895. The molecule has 1 N–H and O–H groups in total. The van der Waals surface area contributed by atoms with Crippen LogP contribution >= 0.6 is 0 Å². The molecule has 16 heavy (non-hydrogen) atoms. The summed E-state index contributed by atoms with van der Waals surface area (Å²) in [7, 11) is 0. The van der Waals surface area contributed by atoms with Crippen LogP contribution in [0.5, 0.6) is 0 Å². The number of aryl methyl sites for hydroxylation is 2. The Hall–Kier alpha value is -2.11. The first-order valence-corrected chi connectivity index (χ1v) is 4.75. The predicted octanol–water partition coefficient (Wildman–Crippen LogP) is 1.66. The molecule has 0 aliphatic rings. The molecule has 6 heteroatoms. The highest BCUT2D eigenvalue weighted by atomic mass is 16.5. The molecule has 0 radical (unpaired) electrons. The zero-order valence-electron chi connectivity index (χ0n) is 8.64. The fourth-order valence-corrected chi connectivity index (χ4v) is 1.26. The largest absolute Gasteiger partial charge is 0.481 e. The number of furan rings is 1. The molecule has 2 heterocycles. The van der Waals surface area contributed by atoms with Gasteiger partial charge in [0.05, 0.1) is 12.7 Å². The Bertz CT molecular complexity index is 500. The van der Waals surface area contributed by atoms with E-state index in [0.717, 1.165) is 5.56 Å². The zero-order valence-corrected chi connectivity index (χ0v) is 8.64. The van der Waals surface area contributed by atoms with Gasteiger partial charge in [-0.2, -0.15) is 4.98 Å². The molecular formula is C10H10N2O4. The molecule has 0 atom stereocenters. The summed E-state index contributed by atoms with van der Waals surface area (Å²) in [6.07, 6.45) is 1.73. The second-order valence-electron chi connectivity index (χ2n) is 3.34. The summed E-state index contributed by atoms with van der Waals surface area (Å²) in [4.78, 5) is 14.4. The van der Waals surface area contributed by atoms with Crippen molar-refractivity contribution in [3.05, 3.63) is 23.8 Å². The lowest BCUT2D eigenvalue weighted by atomic mass is 10.3. The lowest BCUT2D eigenvalue weighted by Gasteiger charge is -1.88. The zero-order chi connectivity index (χ0) is 11.5. The second-order valence-corrected chi connectivity index (χ2v) is 3.34. The molecule has 0 aliphatic carbocycles. The van der Waals surface area contributed by atoms with Crippen LogP contribution in [0.25, 0.3) is 11.6 Å². The van der Waals surface area contributed by atoms with E-state index in [1.54, 1.807) is 6.07 Å². The summed E-state index contributed by atoms with van der Waals surface area (Å²) in [5, 5.41) is 12.2. The maximum Gasteiger partial charge on any atom is 0.303 e. The lowest BCUT2D eigenvalue weighted by molar-refractivity contribution is -0.137. The third kappa shape index (κ3) is 2.10. The van der Waals surface area contributed by atoms with Crippen LogP contribution in [-0.2, 0) is 11.2 Å². The molecule has 0 fully saturated rings. The molecule has 2 aromatic heterocycles. The number of rotatable bonds is 4. The topological polar surface area (TPSA) is 89.4 Å². The van der Waals surface area contributed by atoms with Gasteiger partial charge >= 0.3 is 5.97 Å². The Kier molecular flexibility index (Phi) is 2.72. The van der Waals surface area contributed by atoms with E-state index in [0.29, 0.717) is 17.5 Å². The van der Waals surface area contributed by atoms with Crippen molar-refractivity contribution in [2.24, 2.45) is 0 Å². The van der Waals surface area contributed by atoms with Crippen LogP contribution < -0.4 is 0 Å². The van der Waals surface area contributed by atoms with Gasteiger partial charge in [0.25, 0.3) is 0 Å². The first-order valence-electron chi connectivity index (χ1n) is 4.75. The van der Waals surface area contributed by atoms with Crippen molar-refractivity contribution in [3.8, 4) is 11.6 Å². The Morgan fingerprint density at radius 3 is 3.00 bits per heavy atom. The Morgan fingerprint density at radius 1 is 1.56 bits per heavy atom. The average molecular weight is 222 g/mol. The first kappa shape index (κ1) is 10.4. The smallest absolute Gasteiger partial charge is 0.303 e. The van der Waals surface area contributed by atoms with E-state index in [1.165, 1.54) is 6.26 Å². The van der Waals surface area contributed by atoms with E-state index < -0.39 is 5.97 Å². The van der Waals surface area contributed by atoms with Gasteiger partial charge in [0.15, 0.2) is 5.76 Å². The molecule has 0 amide bonds. The van der Waals surface area contributed by atoms with Gasteiger partial charge in [-0.15, -0.1) is 0 Å². The number of nitrogens with zero attached hydrogens (tertiary/aromatic N) is 2. The molecule has 0 saturated heterocycles. The minimum absolute atomic E-state index is 0.0290. The van der Waals surface area contributed by atoms with E-state index >= 15 is 0 Å². The maximum absolute atomic E-state index is 10.4. The number of hydrogen-bond acceptors (Lipinski definition) is 5. The Balaban J connectivity index is 2.14. The number of carboxylic acids is 1. The second kappa shape index (κ2) is 4.18. The molecule has 0 unspecified atom stereocenters. The van der Waals surface area contributed by atoms with Gasteiger partial charge < -0.3 is 14.0 Å². The average Bonchev–Trinajstić information content (AvgIpc) is 2.83. The van der Waals surface area contributed by atoms with Crippen molar-refractivity contribution < 1.29 is 18.8 Å². The van der Waals surface area contributed by atoms with Crippen LogP contribution in [0.3, 0.4) is 0 Å². The van der Waals surface area contributed by atoms with Crippen LogP contribution in [0.2, 0.25) is 0 Å². The number of aromatic nitrogens is 2. The minimum Gasteiger partial charge on any atom is -0.481 e. The molecule has 2 aromatic rings. The molecule has 6 nitrogen and oxygen atoms in total. The fraction of sp³-hybridized carbons (Fsp3) is 0.300. The van der Waals surface area contributed by atoms with Gasteiger partial charge in [0, 0.05) is 6.42 Å². The summed E-state index contributed by atoms with van der Waals surface area (Å²) < 4.78 is 10.1. The predicted molar refractivity (Wildman–Crippen MR) is 52.7 cm³/mol. The highest BCUT2D eigenvalue weighted by Gasteiger charge is 2.14. The van der Waals surface area contributed by atoms with E-state index in [2.05, 4.69) is 10.1 Å². The van der Waals surface area contributed by atoms with Gasteiger partial charge in [0.2, 0.25) is 11.7 Å². The van der Waals surface area contributed by atoms with E-state index in [4.69, 9.17) is 14.0 Å². The summed E-state index contributed by atoms with van der Waals surface area (Å²) in [5.41, 5.74) is 0.908. The van der Waals surface area contributed by atoms with E-state index in [1.807, 2.05) is 6.92 Å². The molecule has 0 bridgehead atoms. The molecule has 0 spiro atoms. The Labute approximate surface area is 90.9 Å². The maximum atomic E-state index is 10.4. The molecule has 84 valence electrons. The quantitative estimate of drug-likeness (QED) is 0.845. The molecular weight excluding hydrogens is 212 g/mol. The lowest BCUT2D eigenvalue weighted by Crippen LogP contribution is -1.97. The summed E-state index contributed by atoms with van der Waals surface area (Å²) >= 11 is 0. The SMILES string of the molecule is Cc1ccoc1-c1noc(CCC(=O)O)n1. The normalized spacial score (nSPS) is 10.6. The van der Waals surface area contributed by atoms with Gasteiger partial charge in [-0.3, -0.25) is 4.79 Å². The number of carbonyl (C=O) groups is 1. The monoisotopic (exact) mass is 222 g/mol. The number of carboxylic acid groups (broad SMARTS) is 1. The van der Waals surface area contributed by atoms with Gasteiger partial charge in [-0.1, -0.05) is 5.16 Å². The molecule has 2 rings (SSSR count). The van der Waals surface area contributed by atoms with Crippen molar-refractivity contribution in [1.82, 2.24) is 10.1 Å². The summed E-state index contributed by atoms with van der Waals surface area (Å²) in [5.74, 6) is 0.301. The van der Waals surface area contributed by atoms with Crippen LogP contribution in [0.4, 0.5) is 0 Å². The van der Waals surface area contributed by atoms with Crippen molar-refractivity contribution in [2.75, 3.05) is 0 Å². The van der Waals surface area contributed by atoms with E-state index in [-0.39, 0.29) is 12.8 Å². The van der Waals surface area contributed by atoms with Gasteiger partial charge in [-0.25, -0.2) is 0 Å². The van der Waals surface area contributed by atoms with Crippen LogP contribution in [0, 0.1) is 6.92 Å². The van der Waals surface area contributed by atoms with Crippen molar-refractivity contribution in [3.63, 3.8) is 0 Å². The Morgan fingerprint density at radius 2 is 2.38 bits per heavy atom. The van der Waals surface area contributed by atoms with Crippen molar-refractivity contribution >= 4 is 5.97 Å². The molecule has 0 aromatic carbocycles. The third-order valence-corrected chi connectivity index (χ3v) is 2.09. The summed E-state index contributed by atoms with van der Waals surface area (Å²) in [6.45, 7) is 1.87. The van der Waals surface area contributed by atoms with Crippen LogP contribution in [0.1, 0.15) is 17.9 Å². The van der Waals surface area contributed by atoms with Gasteiger partial charge in [0.1, 0.15) is 0 Å². The van der Waals surface area contributed by atoms with E-state index in [9.17, 15) is 4.79 Å². The molecule has 0 aliphatic heterocycles.